The molecule has 4 nitrogen and oxygen atoms in total. The topological polar surface area (TPSA) is 42.7 Å². The normalized spacial score (nSPS) is 12.0. The number of nitrogens with one attached hydrogen (secondary N) is 1. The van der Waals surface area contributed by atoms with Crippen LogP contribution in [0.1, 0.15) is 19.2 Å². The summed E-state index contributed by atoms with van der Waals surface area (Å²) in [6.45, 7) is 1.95. The van der Waals surface area contributed by atoms with Crippen molar-refractivity contribution in [1.82, 2.24) is 20.1 Å². The summed E-state index contributed by atoms with van der Waals surface area (Å²) in [4.78, 5) is 3.76. The first-order chi connectivity index (χ1) is 7.03. The van der Waals surface area contributed by atoms with Crippen LogP contribution in [0.3, 0.4) is 0 Å². The van der Waals surface area contributed by atoms with Crippen LogP contribution in [0, 0.1) is 0 Å². The molecule has 0 bridgehead atoms. The van der Waals surface area contributed by atoms with Crippen LogP contribution in [0.5, 0.6) is 0 Å². The van der Waals surface area contributed by atoms with E-state index in [1.165, 1.54) is 0 Å². The van der Waals surface area contributed by atoms with Crippen molar-refractivity contribution < 1.29 is 13.2 Å². The Labute approximate surface area is 85.5 Å². The minimum absolute atomic E-state index is 0.306. The first-order valence-electron chi connectivity index (χ1n) is 4.67. The van der Waals surface area contributed by atoms with Crippen LogP contribution in [0.4, 0.5) is 13.2 Å². The van der Waals surface area contributed by atoms with Crippen LogP contribution in [0.25, 0.3) is 0 Å². The third-order valence-corrected chi connectivity index (χ3v) is 1.73. The van der Waals surface area contributed by atoms with Crippen LogP contribution in [0.2, 0.25) is 0 Å². The van der Waals surface area contributed by atoms with Crippen LogP contribution < -0.4 is 5.32 Å². The fourth-order valence-corrected chi connectivity index (χ4v) is 1.10. The van der Waals surface area contributed by atoms with Gasteiger partial charge in [0.2, 0.25) is 0 Å². The highest BCUT2D eigenvalue weighted by molar-refractivity contribution is 4.84. The van der Waals surface area contributed by atoms with Crippen molar-refractivity contribution in [1.29, 1.82) is 0 Å². The first-order valence-corrected chi connectivity index (χ1v) is 4.67. The van der Waals surface area contributed by atoms with E-state index in [4.69, 9.17) is 0 Å². The number of alkyl halides is 3. The van der Waals surface area contributed by atoms with Gasteiger partial charge in [0, 0.05) is 0 Å². The molecule has 0 aliphatic rings. The van der Waals surface area contributed by atoms with Gasteiger partial charge >= 0.3 is 6.18 Å². The maximum Gasteiger partial charge on any atom is 0.408 e. The summed E-state index contributed by atoms with van der Waals surface area (Å²) in [6.07, 6.45) is -2.20. The quantitative estimate of drug-likeness (QED) is 0.764. The van der Waals surface area contributed by atoms with Crippen molar-refractivity contribution in [3.63, 3.8) is 0 Å². The molecule has 86 valence electrons. The van der Waals surface area contributed by atoms with Crippen molar-refractivity contribution >= 4 is 0 Å². The molecule has 0 aliphatic heterocycles. The van der Waals surface area contributed by atoms with Crippen molar-refractivity contribution in [3.05, 3.63) is 12.2 Å². The Bertz CT molecular complexity index is 294. The summed E-state index contributed by atoms with van der Waals surface area (Å²) in [7, 11) is 0. The van der Waals surface area contributed by atoms with E-state index >= 15 is 0 Å². The molecule has 0 saturated heterocycles. The predicted octanol–water partition coefficient (Wildman–Crippen LogP) is 1.34. The van der Waals surface area contributed by atoms with E-state index in [2.05, 4.69) is 15.4 Å². The molecule has 1 aromatic rings. The maximum atomic E-state index is 12.1. The van der Waals surface area contributed by atoms with Crippen molar-refractivity contribution in [3.8, 4) is 0 Å². The predicted molar refractivity (Wildman–Crippen MR) is 48.1 cm³/mol. The second-order valence-corrected chi connectivity index (χ2v) is 3.13. The molecule has 0 aromatic carbocycles. The van der Waals surface area contributed by atoms with E-state index in [0.717, 1.165) is 24.0 Å². The van der Waals surface area contributed by atoms with Gasteiger partial charge in [0.1, 0.15) is 18.7 Å². The summed E-state index contributed by atoms with van der Waals surface area (Å²) >= 11 is 0. The van der Waals surface area contributed by atoms with Crippen LogP contribution in [0.15, 0.2) is 6.33 Å². The molecule has 1 heterocycles. The Kier molecular flexibility index (Phi) is 4.07. The molecular weight excluding hydrogens is 209 g/mol. The van der Waals surface area contributed by atoms with Gasteiger partial charge in [-0.1, -0.05) is 6.92 Å². The Morgan fingerprint density at radius 1 is 1.47 bits per heavy atom. The van der Waals surface area contributed by atoms with Crippen LogP contribution in [-0.4, -0.2) is 27.5 Å². The number of nitrogens with zero attached hydrogens (tertiary/aromatic N) is 3. The van der Waals surface area contributed by atoms with Crippen molar-refractivity contribution in [2.75, 3.05) is 6.54 Å². The molecule has 0 spiro atoms. The highest BCUT2D eigenvalue weighted by atomic mass is 19.4. The largest absolute Gasteiger partial charge is 0.408 e. The summed E-state index contributed by atoms with van der Waals surface area (Å²) in [5.74, 6) is 0.306. The van der Waals surface area contributed by atoms with Gasteiger partial charge in [0.15, 0.2) is 0 Å². The van der Waals surface area contributed by atoms with Gasteiger partial charge in [-0.15, -0.1) is 0 Å². The van der Waals surface area contributed by atoms with Gasteiger partial charge in [-0.3, -0.25) is 0 Å². The Hall–Kier alpha value is -1.11. The Balaban J connectivity index is 2.53. The SMILES string of the molecule is CCCNCc1ncnn1CC(F)(F)F. The summed E-state index contributed by atoms with van der Waals surface area (Å²) < 4.78 is 37.1. The van der Waals surface area contributed by atoms with Crippen LogP contribution >= 0.6 is 0 Å². The molecule has 15 heavy (non-hydrogen) atoms. The third-order valence-electron chi connectivity index (χ3n) is 1.73. The molecule has 1 aromatic heterocycles. The fraction of sp³-hybridized carbons (Fsp3) is 0.750. The highest BCUT2D eigenvalue weighted by Crippen LogP contribution is 2.17. The summed E-state index contributed by atoms with van der Waals surface area (Å²) in [6, 6.07) is 0. The molecular formula is C8H13F3N4. The molecule has 0 amide bonds. The lowest BCUT2D eigenvalue weighted by atomic mass is 10.4. The molecule has 0 fully saturated rings. The molecule has 1 N–H and O–H groups in total. The fourth-order valence-electron chi connectivity index (χ4n) is 1.10. The van der Waals surface area contributed by atoms with Crippen molar-refractivity contribution in [2.24, 2.45) is 0 Å². The van der Waals surface area contributed by atoms with E-state index in [9.17, 15) is 13.2 Å². The Morgan fingerprint density at radius 2 is 2.20 bits per heavy atom. The molecule has 0 unspecified atom stereocenters. The van der Waals surface area contributed by atoms with Gasteiger partial charge in [-0.25, -0.2) is 9.67 Å². The Morgan fingerprint density at radius 3 is 2.80 bits per heavy atom. The van der Waals surface area contributed by atoms with Gasteiger partial charge in [0.05, 0.1) is 6.54 Å². The van der Waals surface area contributed by atoms with Crippen molar-refractivity contribution in [2.45, 2.75) is 32.6 Å². The highest BCUT2D eigenvalue weighted by Gasteiger charge is 2.29. The standard InChI is InChI=1S/C8H13F3N4/c1-2-3-12-4-7-13-6-14-15(7)5-8(9,10)11/h6,12H,2-5H2,1H3. The average molecular weight is 222 g/mol. The second kappa shape index (κ2) is 5.11. The lowest BCUT2D eigenvalue weighted by Gasteiger charge is -2.09. The molecule has 0 saturated carbocycles. The van der Waals surface area contributed by atoms with Gasteiger partial charge in [-0.05, 0) is 13.0 Å². The molecule has 0 radical (unpaired) electrons. The monoisotopic (exact) mass is 222 g/mol. The molecule has 7 heteroatoms. The number of halogens is 3. The zero-order chi connectivity index (χ0) is 11.3. The van der Waals surface area contributed by atoms with E-state index in [1.807, 2.05) is 6.92 Å². The number of rotatable bonds is 5. The minimum Gasteiger partial charge on any atom is -0.310 e. The van der Waals surface area contributed by atoms with Gasteiger partial charge in [0.25, 0.3) is 0 Å². The average Bonchev–Trinajstić information content (AvgIpc) is 2.50. The zero-order valence-corrected chi connectivity index (χ0v) is 8.38. The number of hydrogen-bond donors (Lipinski definition) is 1. The molecule has 1 rings (SSSR count). The molecule has 0 aliphatic carbocycles. The smallest absolute Gasteiger partial charge is 0.310 e. The zero-order valence-electron chi connectivity index (χ0n) is 8.38. The summed E-state index contributed by atoms with van der Waals surface area (Å²) in [5, 5.41) is 6.50. The van der Waals surface area contributed by atoms with Gasteiger partial charge < -0.3 is 5.32 Å². The maximum absolute atomic E-state index is 12.1. The van der Waals surface area contributed by atoms with E-state index in [-0.39, 0.29) is 0 Å². The lowest BCUT2D eigenvalue weighted by molar-refractivity contribution is -0.143. The van der Waals surface area contributed by atoms with E-state index < -0.39 is 12.7 Å². The van der Waals surface area contributed by atoms with E-state index in [1.54, 1.807) is 0 Å². The minimum atomic E-state index is -4.26. The number of hydrogen-bond acceptors (Lipinski definition) is 3. The lowest BCUT2D eigenvalue weighted by Crippen LogP contribution is -2.24. The van der Waals surface area contributed by atoms with Crippen LogP contribution in [-0.2, 0) is 13.1 Å². The molecule has 0 atom stereocenters. The van der Waals surface area contributed by atoms with E-state index in [0.29, 0.717) is 12.4 Å². The first kappa shape index (κ1) is 12.0. The van der Waals surface area contributed by atoms with Gasteiger partial charge in [-0.2, -0.15) is 18.3 Å². The number of aromatic nitrogens is 3. The third kappa shape index (κ3) is 4.28. The summed E-state index contributed by atoms with van der Waals surface area (Å²) in [5.41, 5.74) is 0. The second-order valence-electron chi connectivity index (χ2n) is 3.13.